The van der Waals surface area contributed by atoms with Crippen LogP contribution < -0.4 is 10.1 Å². The highest BCUT2D eigenvalue weighted by Crippen LogP contribution is 2.26. The first kappa shape index (κ1) is 14.1. The largest absolute Gasteiger partial charge is 0.490 e. The highest BCUT2D eigenvalue weighted by atomic mass is 16.5. The molecule has 2 heteroatoms. The van der Waals surface area contributed by atoms with Gasteiger partial charge in [0.05, 0.1) is 6.10 Å². The molecule has 0 spiro atoms. The van der Waals surface area contributed by atoms with E-state index in [1.54, 1.807) is 0 Å². The minimum Gasteiger partial charge on any atom is -0.490 e. The van der Waals surface area contributed by atoms with Crippen LogP contribution in [0, 0.1) is 0 Å². The monoisotopic (exact) mass is 259 g/mol. The van der Waals surface area contributed by atoms with Gasteiger partial charge in [-0.2, -0.15) is 0 Å². The van der Waals surface area contributed by atoms with Crippen LogP contribution in [0.25, 0.3) is 6.08 Å². The Kier molecular flexibility index (Phi) is 4.65. The van der Waals surface area contributed by atoms with E-state index in [1.165, 1.54) is 18.4 Å². The topological polar surface area (TPSA) is 21.3 Å². The van der Waals surface area contributed by atoms with Crippen LogP contribution in [0.4, 0.5) is 0 Å². The van der Waals surface area contributed by atoms with Crippen molar-refractivity contribution in [2.75, 3.05) is 6.54 Å². The number of hydrogen-bond acceptors (Lipinski definition) is 2. The van der Waals surface area contributed by atoms with E-state index in [9.17, 15) is 0 Å². The van der Waals surface area contributed by atoms with Gasteiger partial charge in [-0.3, -0.25) is 0 Å². The van der Waals surface area contributed by atoms with Gasteiger partial charge in [-0.15, -0.1) is 0 Å². The summed E-state index contributed by atoms with van der Waals surface area (Å²) in [6, 6.07) is 8.35. The van der Waals surface area contributed by atoms with Crippen molar-refractivity contribution in [2.45, 2.75) is 51.7 Å². The number of nitrogens with one attached hydrogen (secondary N) is 1. The van der Waals surface area contributed by atoms with E-state index in [4.69, 9.17) is 4.74 Å². The first-order valence-corrected chi connectivity index (χ1v) is 7.21. The van der Waals surface area contributed by atoms with E-state index in [0.717, 1.165) is 18.7 Å². The minimum atomic E-state index is 0.204. The lowest BCUT2D eigenvalue weighted by Crippen LogP contribution is -2.36. The molecule has 1 aromatic rings. The Labute approximate surface area is 116 Å². The van der Waals surface area contributed by atoms with Crippen molar-refractivity contribution >= 4 is 6.08 Å². The number of rotatable bonds is 6. The normalized spacial score (nSPS) is 15.9. The Morgan fingerprint density at radius 1 is 1.21 bits per heavy atom. The molecule has 0 saturated heterocycles. The Balaban J connectivity index is 1.72. The van der Waals surface area contributed by atoms with E-state index in [1.807, 2.05) is 0 Å². The van der Waals surface area contributed by atoms with E-state index < -0.39 is 0 Å². The smallest absolute Gasteiger partial charge is 0.119 e. The van der Waals surface area contributed by atoms with Crippen LogP contribution in [0.2, 0.25) is 0 Å². The summed E-state index contributed by atoms with van der Waals surface area (Å²) in [7, 11) is 0. The molecule has 2 nitrogen and oxygen atoms in total. The summed E-state index contributed by atoms with van der Waals surface area (Å²) in [4.78, 5) is 0. The van der Waals surface area contributed by atoms with Crippen LogP contribution >= 0.6 is 0 Å². The molecule has 1 fully saturated rings. The minimum absolute atomic E-state index is 0.204. The van der Waals surface area contributed by atoms with E-state index >= 15 is 0 Å². The molecule has 0 heterocycles. The molecular weight excluding hydrogens is 234 g/mol. The zero-order valence-electron chi connectivity index (χ0n) is 12.3. The van der Waals surface area contributed by atoms with Gasteiger partial charge in [-0.1, -0.05) is 24.3 Å². The van der Waals surface area contributed by atoms with Crippen LogP contribution in [0.5, 0.6) is 5.75 Å². The predicted molar refractivity (Wildman–Crippen MR) is 81.5 cm³/mol. The summed E-state index contributed by atoms with van der Waals surface area (Å²) >= 11 is 0. The maximum atomic E-state index is 5.73. The Morgan fingerprint density at radius 2 is 1.89 bits per heavy atom. The van der Waals surface area contributed by atoms with Crippen molar-refractivity contribution in [3.05, 3.63) is 35.9 Å². The summed E-state index contributed by atoms with van der Waals surface area (Å²) in [5.41, 5.74) is 1.44. The zero-order chi connectivity index (χ0) is 13.7. The molecule has 0 bridgehead atoms. The van der Waals surface area contributed by atoms with E-state index in [0.29, 0.717) is 6.10 Å². The van der Waals surface area contributed by atoms with Crippen LogP contribution in [0.1, 0.15) is 45.6 Å². The summed E-state index contributed by atoms with van der Waals surface area (Å²) < 4.78 is 5.73. The third kappa shape index (κ3) is 5.93. The molecule has 0 atom stereocenters. The zero-order valence-corrected chi connectivity index (χ0v) is 12.3. The molecule has 19 heavy (non-hydrogen) atoms. The summed E-state index contributed by atoms with van der Waals surface area (Å²) in [6.45, 7) is 7.59. The Hall–Kier alpha value is -1.28. The molecule has 1 aliphatic rings. The van der Waals surface area contributed by atoms with Crippen molar-refractivity contribution in [2.24, 2.45) is 0 Å². The third-order valence-electron chi connectivity index (χ3n) is 2.98. The number of benzene rings is 1. The van der Waals surface area contributed by atoms with Crippen molar-refractivity contribution in [1.82, 2.24) is 5.32 Å². The molecule has 0 aromatic heterocycles. The van der Waals surface area contributed by atoms with Crippen molar-refractivity contribution in [3.63, 3.8) is 0 Å². The molecule has 1 aromatic carbocycles. The second kappa shape index (κ2) is 6.25. The molecule has 0 radical (unpaired) electrons. The third-order valence-corrected chi connectivity index (χ3v) is 2.98. The van der Waals surface area contributed by atoms with Gasteiger partial charge in [0.2, 0.25) is 0 Å². The highest BCUT2D eigenvalue weighted by molar-refractivity contribution is 5.50. The standard InChI is InChI=1S/C17H25NO/c1-17(2,3)18-13-5-4-6-14-7-9-15(10-8-14)19-16-11-12-16/h4,6-10,16,18H,5,11-13H2,1-3H3/b6-4+. The average Bonchev–Trinajstić information content (AvgIpc) is 3.13. The predicted octanol–water partition coefficient (Wildman–Crippen LogP) is 4.02. The van der Waals surface area contributed by atoms with Gasteiger partial charge < -0.3 is 10.1 Å². The van der Waals surface area contributed by atoms with Gasteiger partial charge in [0.25, 0.3) is 0 Å². The Morgan fingerprint density at radius 3 is 2.47 bits per heavy atom. The van der Waals surface area contributed by atoms with Gasteiger partial charge in [-0.25, -0.2) is 0 Å². The fraction of sp³-hybridized carbons (Fsp3) is 0.529. The molecule has 0 amide bonds. The fourth-order valence-electron chi connectivity index (χ4n) is 1.79. The van der Waals surface area contributed by atoms with Crippen LogP contribution in [0.3, 0.4) is 0 Å². The van der Waals surface area contributed by atoms with Gasteiger partial charge in [0.15, 0.2) is 0 Å². The van der Waals surface area contributed by atoms with Crippen molar-refractivity contribution in [3.8, 4) is 5.75 Å². The van der Waals surface area contributed by atoms with Gasteiger partial charge in [0, 0.05) is 5.54 Å². The molecule has 0 aliphatic heterocycles. The average molecular weight is 259 g/mol. The lowest BCUT2D eigenvalue weighted by Gasteiger charge is -2.19. The van der Waals surface area contributed by atoms with Crippen LogP contribution in [-0.4, -0.2) is 18.2 Å². The first-order valence-electron chi connectivity index (χ1n) is 7.21. The molecule has 104 valence electrons. The van der Waals surface area contributed by atoms with Gasteiger partial charge in [-0.05, 0) is 64.3 Å². The Bertz CT molecular complexity index is 410. The SMILES string of the molecule is CC(C)(C)NCC/C=C/c1ccc(OC2CC2)cc1. The van der Waals surface area contributed by atoms with Crippen LogP contribution in [-0.2, 0) is 0 Å². The number of hydrogen-bond donors (Lipinski definition) is 1. The van der Waals surface area contributed by atoms with Gasteiger partial charge in [0.1, 0.15) is 5.75 Å². The maximum absolute atomic E-state index is 5.73. The summed E-state index contributed by atoms with van der Waals surface area (Å²) in [5.74, 6) is 0.994. The van der Waals surface area contributed by atoms with Crippen molar-refractivity contribution < 1.29 is 4.74 Å². The highest BCUT2D eigenvalue weighted by Gasteiger charge is 2.23. The quantitative estimate of drug-likeness (QED) is 0.779. The van der Waals surface area contributed by atoms with E-state index in [2.05, 4.69) is 62.5 Å². The fourth-order valence-corrected chi connectivity index (χ4v) is 1.79. The summed E-state index contributed by atoms with van der Waals surface area (Å²) in [5, 5.41) is 3.47. The maximum Gasteiger partial charge on any atom is 0.119 e. The lowest BCUT2D eigenvalue weighted by atomic mass is 10.1. The molecular formula is C17H25NO. The molecule has 2 rings (SSSR count). The van der Waals surface area contributed by atoms with E-state index in [-0.39, 0.29) is 5.54 Å². The van der Waals surface area contributed by atoms with Crippen LogP contribution in [0.15, 0.2) is 30.3 Å². The number of ether oxygens (including phenoxy) is 1. The second-order valence-electron chi connectivity index (χ2n) is 6.25. The molecule has 1 aliphatic carbocycles. The molecule has 1 N–H and O–H groups in total. The second-order valence-corrected chi connectivity index (χ2v) is 6.25. The van der Waals surface area contributed by atoms with Crippen molar-refractivity contribution in [1.29, 1.82) is 0 Å². The summed E-state index contributed by atoms with van der Waals surface area (Å²) in [6.07, 6.45) is 8.34. The lowest BCUT2D eigenvalue weighted by molar-refractivity contribution is 0.303. The van der Waals surface area contributed by atoms with Gasteiger partial charge >= 0.3 is 0 Å². The molecule has 0 unspecified atom stereocenters. The molecule has 1 saturated carbocycles. The first-order chi connectivity index (χ1) is 9.03.